The van der Waals surface area contributed by atoms with Gasteiger partial charge in [0.2, 0.25) is 0 Å². The summed E-state index contributed by atoms with van der Waals surface area (Å²) in [6.45, 7) is 0.712. The number of H-pyrrole nitrogens is 1. The number of aromatic nitrogens is 4. The molecule has 0 bridgehead atoms. The summed E-state index contributed by atoms with van der Waals surface area (Å²) in [6, 6.07) is 7.86. The molecule has 2 aromatic rings. The summed E-state index contributed by atoms with van der Waals surface area (Å²) in [4.78, 5) is 14.1. The highest BCUT2D eigenvalue weighted by Gasteiger charge is 2.32. The Hall–Kier alpha value is -2.44. The molecule has 20 heavy (non-hydrogen) atoms. The molecule has 1 N–H and O–H groups in total. The summed E-state index contributed by atoms with van der Waals surface area (Å²) in [5.74, 6) is 0.741. The van der Waals surface area contributed by atoms with Crippen LogP contribution in [0.2, 0.25) is 0 Å². The first-order valence-electron chi connectivity index (χ1n) is 6.48. The van der Waals surface area contributed by atoms with Crippen LogP contribution < -0.4 is 4.74 Å². The Labute approximate surface area is 115 Å². The van der Waals surface area contributed by atoms with Gasteiger partial charge in [-0.05, 0) is 35.8 Å². The summed E-state index contributed by atoms with van der Waals surface area (Å²) < 4.78 is 5.15. The fourth-order valence-electron chi connectivity index (χ4n) is 2.56. The molecule has 1 fully saturated rings. The van der Waals surface area contributed by atoms with Crippen molar-refractivity contribution in [1.29, 1.82) is 0 Å². The van der Waals surface area contributed by atoms with Crippen LogP contribution in [-0.2, 0) is 0 Å². The number of hydrogen-bond donors (Lipinski definition) is 1. The number of tetrazole rings is 1. The number of rotatable bonds is 3. The molecule has 1 aromatic carbocycles. The van der Waals surface area contributed by atoms with Crippen LogP contribution in [0.5, 0.6) is 5.75 Å². The third kappa shape index (κ3) is 2.22. The second kappa shape index (κ2) is 5.28. The Morgan fingerprint density at radius 2 is 2.20 bits per heavy atom. The number of methoxy groups -OCH3 is 1. The highest BCUT2D eigenvalue weighted by atomic mass is 16.5. The van der Waals surface area contributed by atoms with Crippen molar-refractivity contribution in [1.82, 2.24) is 25.5 Å². The molecule has 3 rings (SSSR count). The fourth-order valence-corrected chi connectivity index (χ4v) is 2.56. The third-order valence-corrected chi connectivity index (χ3v) is 3.55. The van der Waals surface area contributed by atoms with Crippen LogP contribution in [0.3, 0.4) is 0 Å². The molecule has 1 atom stereocenters. The monoisotopic (exact) mass is 273 g/mol. The van der Waals surface area contributed by atoms with Gasteiger partial charge in [-0.15, -0.1) is 10.2 Å². The number of benzene rings is 1. The number of likely N-dealkylation sites (tertiary alicyclic amines) is 1. The van der Waals surface area contributed by atoms with Gasteiger partial charge < -0.3 is 9.64 Å². The Morgan fingerprint density at radius 1 is 1.40 bits per heavy atom. The molecule has 7 heteroatoms. The highest BCUT2D eigenvalue weighted by Crippen LogP contribution is 2.33. The van der Waals surface area contributed by atoms with Crippen LogP contribution in [0.1, 0.15) is 35.1 Å². The van der Waals surface area contributed by atoms with E-state index >= 15 is 0 Å². The molecule has 0 spiro atoms. The van der Waals surface area contributed by atoms with Gasteiger partial charge in [-0.25, -0.2) is 0 Å². The van der Waals surface area contributed by atoms with E-state index in [9.17, 15) is 4.79 Å². The molecule has 1 aromatic heterocycles. The first-order valence-corrected chi connectivity index (χ1v) is 6.48. The number of carbonyl (C=O) groups excluding carboxylic acids is 1. The molecule has 1 saturated heterocycles. The molecule has 1 aliphatic heterocycles. The lowest BCUT2D eigenvalue weighted by molar-refractivity contribution is 0.0723. The van der Waals surface area contributed by atoms with E-state index in [2.05, 4.69) is 20.6 Å². The van der Waals surface area contributed by atoms with Gasteiger partial charge in [0.15, 0.2) is 0 Å². The molecule has 0 saturated carbocycles. The van der Waals surface area contributed by atoms with Crippen LogP contribution in [0, 0.1) is 0 Å². The van der Waals surface area contributed by atoms with Gasteiger partial charge in [-0.2, -0.15) is 5.21 Å². The Morgan fingerprint density at radius 3 is 2.85 bits per heavy atom. The molecular weight excluding hydrogens is 258 g/mol. The van der Waals surface area contributed by atoms with Crippen molar-refractivity contribution < 1.29 is 9.53 Å². The molecule has 2 heterocycles. The minimum atomic E-state index is -0.183. The van der Waals surface area contributed by atoms with Gasteiger partial charge in [-0.3, -0.25) is 4.79 Å². The zero-order chi connectivity index (χ0) is 13.9. The van der Waals surface area contributed by atoms with Crippen molar-refractivity contribution in [2.75, 3.05) is 13.7 Å². The lowest BCUT2D eigenvalue weighted by Gasteiger charge is -2.23. The van der Waals surface area contributed by atoms with Crippen LogP contribution in [0.4, 0.5) is 0 Å². The molecule has 0 aliphatic carbocycles. The summed E-state index contributed by atoms with van der Waals surface area (Å²) in [6.07, 6.45) is 1.91. The molecule has 104 valence electrons. The van der Waals surface area contributed by atoms with Crippen molar-refractivity contribution in [2.45, 2.75) is 18.9 Å². The predicted octanol–water partition coefficient (Wildman–Crippen LogP) is 1.19. The second-order valence-electron chi connectivity index (χ2n) is 4.67. The third-order valence-electron chi connectivity index (χ3n) is 3.55. The van der Waals surface area contributed by atoms with Crippen molar-refractivity contribution in [3.05, 3.63) is 35.7 Å². The van der Waals surface area contributed by atoms with E-state index in [1.54, 1.807) is 12.0 Å². The maximum absolute atomic E-state index is 12.3. The number of nitrogens with zero attached hydrogens (tertiary/aromatic N) is 4. The fraction of sp³-hybridized carbons (Fsp3) is 0.385. The van der Waals surface area contributed by atoms with Crippen LogP contribution >= 0.6 is 0 Å². The quantitative estimate of drug-likeness (QED) is 0.908. The molecule has 1 aliphatic rings. The summed E-state index contributed by atoms with van der Waals surface area (Å²) in [5, 5.41) is 13.3. The summed E-state index contributed by atoms with van der Waals surface area (Å²) >= 11 is 0. The van der Waals surface area contributed by atoms with Gasteiger partial charge in [0.25, 0.3) is 11.7 Å². The Balaban J connectivity index is 1.83. The van der Waals surface area contributed by atoms with Gasteiger partial charge in [0.05, 0.1) is 13.2 Å². The van der Waals surface area contributed by atoms with Crippen molar-refractivity contribution in [3.8, 4) is 5.75 Å². The van der Waals surface area contributed by atoms with Gasteiger partial charge in [0, 0.05) is 6.54 Å². The number of nitrogens with one attached hydrogen (secondary N) is 1. The smallest absolute Gasteiger partial charge is 0.295 e. The largest absolute Gasteiger partial charge is 0.497 e. The maximum Gasteiger partial charge on any atom is 0.295 e. The van der Waals surface area contributed by atoms with Gasteiger partial charge >= 0.3 is 0 Å². The molecule has 1 amide bonds. The standard InChI is InChI=1S/C13H15N5O2/c1-20-10-6-4-9(5-7-10)11-3-2-8-18(11)13(19)12-14-16-17-15-12/h4-7,11H,2-3,8H2,1H3,(H,14,15,16,17). The number of hydrogen-bond acceptors (Lipinski definition) is 5. The zero-order valence-electron chi connectivity index (χ0n) is 11.1. The van der Waals surface area contributed by atoms with Gasteiger partial charge in [0.1, 0.15) is 5.75 Å². The average Bonchev–Trinajstić information content (AvgIpc) is 3.18. The van der Waals surface area contributed by atoms with Crippen LogP contribution in [0.25, 0.3) is 0 Å². The van der Waals surface area contributed by atoms with E-state index in [0.717, 1.165) is 24.2 Å². The summed E-state index contributed by atoms with van der Waals surface area (Å²) in [7, 11) is 1.64. The SMILES string of the molecule is COc1ccc(C2CCCN2C(=O)c2nn[nH]n2)cc1. The lowest BCUT2D eigenvalue weighted by Crippen LogP contribution is -2.31. The zero-order valence-corrected chi connectivity index (χ0v) is 11.1. The van der Waals surface area contributed by atoms with E-state index in [1.165, 1.54) is 0 Å². The Bertz CT molecular complexity index is 581. The van der Waals surface area contributed by atoms with E-state index in [0.29, 0.717) is 6.54 Å². The normalized spacial score (nSPS) is 18.2. The van der Waals surface area contributed by atoms with E-state index in [-0.39, 0.29) is 17.8 Å². The Kier molecular flexibility index (Phi) is 3.32. The first-order chi connectivity index (χ1) is 9.79. The number of carbonyl (C=O) groups is 1. The molecule has 7 nitrogen and oxygen atoms in total. The van der Waals surface area contributed by atoms with E-state index in [4.69, 9.17) is 4.74 Å². The van der Waals surface area contributed by atoms with E-state index < -0.39 is 0 Å². The minimum Gasteiger partial charge on any atom is -0.497 e. The second-order valence-corrected chi connectivity index (χ2v) is 4.67. The van der Waals surface area contributed by atoms with E-state index in [1.807, 2.05) is 24.3 Å². The minimum absolute atomic E-state index is 0.0620. The first kappa shape index (κ1) is 12.6. The number of amides is 1. The number of aromatic amines is 1. The topological polar surface area (TPSA) is 84.0 Å². The van der Waals surface area contributed by atoms with Crippen molar-refractivity contribution in [3.63, 3.8) is 0 Å². The van der Waals surface area contributed by atoms with Gasteiger partial charge in [-0.1, -0.05) is 12.1 Å². The molecule has 0 radical (unpaired) electrons. The maximum atomic E-state index is 12.3. The van der Waals surface area contributed by atoms with Crippen molar-refractivity contribution in [2.24, 2.45) is 0 Å². The number of ether oxygens (including phenoxy) is 1. The van der Waals surface area contributed by atoms with Crippen molar-refractivity contribution >= 4 is 5.91 Å². The lowest BCUT2D eigenvalue weighted by atomic mass is 10.0. The highest BCUT2D eigenvalue weighted by molar-refractivity contribution is 5.90. The summed E-state index contributed by atoms with van der Waals surface area (Å²) in [5.41, 5.74) is 1.10. The van der Waals surface area contributed by atoms with Crippen LogP contribution in [-0.4, -0.2) is 45.1 Å². The molecular formula is C13H15N5O2. The molecule has 1 unspecified atom stereocenters. The van der Waals surface area contributed by atoms with Crippen LogP contribution in [0.15, 0.2) is 24.3 Å². The average molecular weight is 273 g/mol. The predicted molar refractivity (Wildman–Crippen MR) is 70.2 cm³/mol.